The minimum atomic E-state index is 0.107. The summed E-state index contributed by atoms with van der Waals surface area (Å²) in [6.07, 6.45) is 0. The molecule has 0 unspecified atom stereocenters. The van der Waals surface area contributed by atoms with Crippen molar-refractivity contribution in [2.24, 2.45) is 5.41 Å². The lowest BCUT2D eigenvalue weighted by atomic mass is 9.97. The lowest BCUT2D eigenvalue weighted by Gasteiger charge is -2.19. The van der Waals surface area contributed by atoms with Crippen LogP contribution in [-0.2, 0) is 6.54 Å². The van der Waals surface area contributed by atoms with E-state index in [1.54, 1.807) is 27.4 Å². The summed E-state index contributed by atoms with van der Waals surface area (Å²) in [7, 11) is 4.75. The topological polar surface area (TPSA) is 77.5 Å². The second-order valence-electron chi connectivity index (χ2n) is 7.20. The van der Waals surface area contributed by atoms with Gasteiger partial charge in [-0.05, 0) is 23.1 Å². The zero-order chi connectivity index (χ0) is 20.0. The number of anilines is 2. The summed E-state index contributed by atoms with van der Waals surface area (Å²) in [5, 5.41) is 6.83. The molecule has 0 saturated heterocycles. The zero-order valence-corrected chi connectivity index (χ0v) is 17.4. The normalized spacial score (nSPS) is 11.1. The molecule has 0 saturated carbocycles. The van der Waals surface area contributed by atoms with Gasteiger partial charge in [-0.3, -0.25) is 0 Å². The monoisotopic (exact) mass is 394 g/mol. The summed E-state index contributed by atoms with van der Waals surface area (Å²) in [5.41, 5.74) is 1.05. The molecule has 1 heterocycles. The molecule has 0 spiro atoms. The summed E-state index contributed by atoms with van der Waals surface area (Å²) in [6.45, 7) is 7.64. The number of ether oxygens (including phenoxy) is 3. The molecular weight excluding hydrogens is 368 g/mol. The Labute approximate surface area is 165 Å². The van der Waals surface area contributed by atoms with Gasteiger partial charge in [0.15, 0.2) is 11.5 Å². The molecule has 0 aliphatic rings. The van der Waals surface area contributed by atoms with Gasteiger partial charge in [-0.1, -0.05) is 32.4 Å². The van der Waals surface area contributed by atoms with Crippen LogP contribution in [0.2, 0.25) is 5.15 Å². The van der Waals surface area contributed by atoms with Crippen LogP contribution in [0.3, 0.4) is 0 Å². The van der Waals surface area contributed by atoms with Gasteiger partial charge < -0.3 is 24.8 Å². The summed E-state index contributed by atoms with van der Waals surface area (Å²) >= 11 is 6.13. The van der Waals surface area contributed by atoms with Crippen molar-refractivity contribution in [1.82, 2.24) is 9.97 Å². The Kier molecular flexibility index (Phi) is 6.96. The first-order valence-electron chi connectivity index (χ1n) is 8.57. The van der Waals surface area contributed by atoms with Crippen molar-refractivity contribution in [2.45, 2.75) is 27.3 Å². The summed E-state index contributed by atoms with van der Waals surface area (Å²) < 4.78 is 16.1. The van der Waals surface area contributed by atoms with Gasteiger partial charge in [0, 0.05) is 19.2 Å². The molecule has 0 bridgehead atoms. The molecule has 0 fully saturated rings. The van der Waals surface area contributed by atoms with E-state index in [1.807, 2.05) is 12.1 Å². The highest BCUT2D eigenvalue weighted by molar-refractivity contribution is 6.29. The van der Waals surface area contributed by atoms with Crippen LogP contribution in [0.25, 0.3) is 0 Å². The Morgan fingerprint density at radius 1 is 0.926 bits per heavy atom. The van der Waals surface area contributed by atoms with Crippen LogP contribution in [0.15, 0.2) is 18.2 Å². The lowest BCUT2D eigenvalue weighted by Crippen LogP contribution is -2.20. The van der Waals surface area contributed by atoms with Crippen molar-refractivity contribution in [1.29, 1.82) is 0 Å². The third-order valence-corrected chi connectivity index (χ3v) is 3.86. The number of methoxy groups -OCH3 is 3. The van der Waals surface area contributed by atoms with Crippen LogP contribution in [0.4, 0.5) is 11.8 Å². The predicted octanol–water partition coefficient (Wildman–Crippen LogP) is 4.23. The van der Waals surface area contributed by atoms with E-state index in [4.69, 9.17) is 25.8 Å². The Balaban J connectivity index is 2.15. The summed E-state index contributed by atoms with van der Waals surface area (Å²) in [5.74, 6) is 2.87. The molecule has 0 radical (unpaired) electrons. The standard InChI is InChI=1S/C19H27ClN4O3/c1-19(2,3)11-22-18-23-15(20)9-16(24-18)21-10-12-7-13(25-4)17(27-6)14(8-12)26-5/h7-9H,10-11H2,1-6H3,(H2,21,22,23,24). The van der Waals surface area contributed by atoms with E-state index in [9.17, 15) is 0 Å². The minimum absolute atomic E-state index is 0.107. The Morgan fingerprint density at radius 2 is 1.56 bits per heavy atom. The number of nitrogens with zero attached hydrogens (tertiary/aromatic N) is 2. The van der Waals surface area contributed by atoms with Gasteiger partial charge in [0.1, 0.15) is 11.0 Å². The first-order chi connectivity index (χ1) is 12.8. The van der Waals surface area contributed by atoms with E-state index in [0.29, 0.717) is 40.7 Å². The molecule has 2 N–H and O–H groups in total. The fourth-order valence-corrected chi connectivity index (χ4v) is 2.54. The van der Waals surface area contributed by atoms with E-state index in [-0.39, 0.29) is 5.41 Å². The van der Waals surface area contributed by atoms with E-state index in [0.717, 1.165) is 12.1 Å². The van der Waals surface area contributed by atoms with Gasteiger partial charge in [0.2, 0.25) is 11.7 Å². The van der Waals surface area contributed by atoms with Gasteiger partial charge in [-0.25, -0.2) is 4.98 Å². The van der Waals surface area contributed by atoms with Crippen LogP contribution in [-0.4, -0.2) is 37.8 Å². The minimum Gasteiger partial charge on any atom is -0.493 e. The van der Waals surface area contributed by atoms with Crippen LogP contribution >= 0.6 is 11.6 Å². The molecule has 0 atom stereocenters. The molecule has 0 aliphatic carbocycles. The molecule has 1 aromatic carbocycles. The largest absolute Gasteiger partial charge is 0.493 e. The maximum absolute atomic E-state index is 6.13. The molecule has 27 heavy (non-hydrogen) atoms. The molecular formula is C19H27ClN4O3. The Hall–Kier alpha value is -2.41. The van der Waals surface area contributed by atoms with Crippen molar-refractivity contribution in [3.05, 3.63) is 28.9 Å². The number of hydrogen-bond acceptors (Lipinski definition) is 7. The van der Waals surface area contributed by atoms with E-state index in [2.05, 4.69) is 41.4 Å². The predicted molar refractivity (Wildman–Crippen MR) is 108 cm³/mol. The van der Waals surface area contributed by atoms with E-state index < -0.39 is 0 Å². The van der Waals surface area contributed by atoms with Crippen molar-refractivity contribution in [2.75, 3.05) is 38.5 Å². The number of halogens is 1. The SMILES string of the molecule is COc1cc(CNc2cc(Cl)nc(NCC(C)(C)C)n2)cc(OC)c1OC. The van der Waals surface area contributed by atoms with E-state index >= 15 is 0 Å². The van der Waals surface area contributed by atoms with Crippen LogP contribution in [0, 0.1) is 5.41 Å². The van der Waals surface area contributed by atoms with Gasteiger partial charge in [0.25, 0.3) is 0 Å². The number of benzene rings is 1. The molecule has 2 aromatic rings. The molecule has 2 rings (SSSR count). The van der Waals surface area contributed by atoms with Crippen molar-refractivity contribution in [3.63, 3.8) is 0 Å². The maximum Gasteiger partial charge on any atom is 0.226 e. The first kappa shape index (κ1) is 20.9. The molecule has 0 amide bonds. The first-order valence-corrected chi connectivity index (χ1v) is 8.94. The number of rotatable bonds is 8. The smallest absolute Gasteiger partial charge is 0.226 e. The molecule has 0 aliphatic heterocycles. The highest BCUT2D eigenvalue weighted by Gasteiger charge is 2.14. The zero-order valence-electron chi connectivity index (χ0n) is 16.6. The number of hydrogen-bond donors (Lipinski definition) is 2. The maximum atomic E-state index is 6.13. The van der Waals surface area contributed by atoms with E-state index in [1.165, 1.54) is 0 Å². The summed E-state index contributed by atoms with van der Waals surface area (Å²) in [6, 6.07) is 5.45. The average molecular weight is 395 g/mol. The molecule has 1 aromatic heterocycles. The lowest BCUT2D eigenvalue weighted by molar-refractivity contribution is 0.324. The van der Waals surface area contributed by atoms with Crippen molar-refractivity contribution >= 4 is 23.4 Å². The Bertz CT molecular complexity index is 753. The quantitative estimate of drug-likeness (QED) is 0.649. The fourth-order valence-electron chi connectivity index (χ4n) is 2.36. The van der Waals surface area contributed by atoms with Gasteiger partial charge in [-0.15, -0.1) is 0 Å². The van der Waals surface area contributed by atoms with Crippen LogP contribution in [0.5, 0.6) is 17.2 Å². The second kappa shape index (κ2) is 8.99. The molecule has 148 valence electrons. The third kappa shape index (κ3) is 6.06. The van der Waals surface area contributed by atoms with Crippen molar-refractivity contribution in [3.8, 4) is 17.2 Å². The van der Waals surface area contributed by atoms with Crippen LogP contribution < -0.4 is 24.8 Å². The second-order valence-corrected chi connectivity index (χ2v) is 7.59. The average Bonchev–Trinajstić information content (AvgIpc) is 2.62. The van der Waals surface area contributed by atoms with Crippen LogP contribution in [0.1, 0.15) is 26.3 Å². The van der Waals surface area contributed by atoms with Gasteiger partial charge >= 0.3 is 0 Å². The highest BCUT2D eigenvalue weighted by Crippen LogP contribution is 2.38. The van der Waals surface area contributed by atoms with Gasteiger partial charge in [-0.2, -0.15) is 4.98 Å². The third-order valence-electron chi connectivity index (χ3n) is 3.67. The fraction of sp³-hybridized carbons (Fsp3) is 0.474. The molecule has 7 nitrogen and oxygen atoms in total. The highest BCUT2D eigenvalue weighted by atomic mass is 35.5. The van der Waals surface area contributed by atoms with Crippen molar-refractivity contribution < 1.29 is 14.2 Å². The Morgan fingerprint density at radius 3 is 2.07 bits per heavy atom. The number of nitrogens with one attached hydrogen (secondary N) is 2. The molecule has 8 heteroatoms. The number of aromatic nitrogens is 2. The summed E-state index contributed by atoms with van der Waals surface area (Å²) in [4.78, 5) is 8.68. The van der Waals surface area contributed by atoms with Gasteiger partial charge in [0.05, 0.1) is 21.3 Å².